The lowest BCUT2D eigenvalue weighted by molar-refractivity contribution is -0.385. The Morgan fingerprint density at radius 1 is 0.748 bits per heavy atom. The fourth-order valence-corrected chi connectivity index (χ4v) is 9.63. The Hall–Kier alpha value is -10.1. The number of aromatic carboxylic acids is 1. The Morgan fingerprint density at radius 2 is 1.27 bits per heavy atom. The van der Waals surface area contributed by atoms with Crippen molar-refractivity contribution in [1.29, 1.82) is 0 Å². The van der Waals surface area contributed by atoms with Crippen LogP contribution in [0.25, 0.3) is 0 Å². The average molecular weight is 1580 g/mol. The van der Waals surface area contributed by atoms with E-state index in [0.29, 0.717) is 23.0 Å². The number of aromatic nitrogens is 5. The molecule has 0 aliphatic carbocycles. The van der Waals surface area contributed by atoms with Crippen LogP contribution in [0.15, 0.2) is 101 Å². The maximum absolute atomic E-state index is 12.8. The van der Waals surface area contributed by atoms with Gasteiger partial charge in [0.15, 0.2) is 6.10 Å². The van der Waals surface area contributed by atoms with E-state index in [9.17, 15) is 109 Å². The van der Waals surface area contributed by atoms with Crippen LogP contribution in [0.4, 0.5) is 71.1 Å². The molecule has 4 aromatic carbocycles. The SMILES string of the molecule is CCOC(=O)C(C)OC(=O)c1cc(Oc2ccc(C(F)(F)F)cc2Cl)ccc1[N+](=O)[O-].COc1nc(C)nc(NC(=O)NS(=O)(=O)c2ccccc2CCC(F)(F)F)n1.C[S+](C)C.O=C(Nc1nc(OC(F)F)cc(OC(F)F)n1)NS(=O)(=O)c1ccccc1C(=O)O.O=C(O)CNCP(=O)([O-])O. The Balaban J connectivity index is 0.000000479. The second-order valence-electron chi connectivity index (χ2n) is 19.3. The second-order valence-corrected chi connectivity index (χ2v) is 27.0. The molecule has 0 saturated carbocycles. The number of sulfonamides is 2. The minimum atomic E-state index is -4.71. The van der Waals surface area contributed by atoms with Gasteiger partial charge in [0.25, 0.3) is 25.7 Å². The monoisotopic (exact) mass is 1580 g/mol. The number of aliphatic carboxylic acids is 1. The third kappa shape index (κ3) is 34.0. The molecular weight excluding hydrogens is 1520 g/mol. The van der Waals surface area contributed by atoms with E-state index in [1.807, 2.05) is 5.32 Å². The first-order valence-electron chi connectivity index (χ1n) is 27.4. The van der Waals surface area contributed by atoms with Crippen LogP contribution in [0.3, 0.4) is 0 Å². The van der Waals surface area contributed by atoms with E-state index in [1.54, 1.807) is 17.0 Å². The van der Waals surface area contributed by atoms with Gasteiger partial charge in [-0.3, -0.25) is 30.9 Å². The van der Waals surface area contributed by atoms with Crippen molar-refractivity contribution in [3.05, 3.63) is 134 Å². The van der Waals surface area contributed by atoms with Gasteiger partial charge in [-0.25, -0.2) is 50.3 Å². The summed E-state index contributed by atoms with van der Waals surface area (Å²) in [7, 11) is -11.6. The molecule has 2 unspecified atom stereocenters. The number of rotatable bonds is 25. The molecular formula is C54H57ClF10N11O23PS3. The number of halogens is 11. The molecule has 0 bridgehead atoms. The third-order valence-corrected chi connectivity index (χ3v) is 14.4. The number of carbonyl (C=O) groups excluding carboxylic acids is 4. The zero-order valence-corrected chi connectivity index (χ0v) is 57.5. The first-order valence-corrected chi connectivity index (χ1v) is 35.0. The minimum absolute atomic E-state index is 0.0398. The summed E-state index contributed by atoms with van der Waals surface area (Å²) in [6.45, 7) is -2.98. The summed E-state index contributed by atoms with van der Waals surface area (Å²) in [6.07, 6.45) is -6.26. The number of ether oxygens (including phenoxy) is 6. The summed E-state index contributed by atoms with van der Waals surface area (Å²) in [5.41, 5.74) is -2.88. The number of hydrogen-bond acceptors (Lipinski definition) is 26. The number of methoxy groups -OCH3 is 1. The highest BCUT2D eigenvalue weighted by molar-refractivity contribution is 7.94. The molecule has 566 valence electrons. The van der Waals surface area contributed by atoms with Gasteiger partial charge in [0.2, 0.25) is 23.7 Å². The fraction of sp³-hybridized carbons (Fsp3) is 0.315. The van der Waals surface area contributed by atoms with E-state index in [4.69, 9.17) is 45.7 Å². The van der Waals surface area contributed by atoms with Crippen LogP contribution < -0.4 is 49.2 Å². The number of nitro benzene ring substituents is 1. The molecule has 0 aliphatic heterocycles. The van der Waals surface area contributed by atoms with E-state index in [0.717, 1.165) is 48.5 Å². The quantitative estimate of drug-likeness (QED) is 0.00673. The first-order chi connectivity index (χ1) is 47.6. The van der Waals surface area contributed by atoms with Gasteiger partial charge in [-0.1, -0.05) is 41.9 Å². The summed E-state index contributed by atoms with van der Waals surface area (Å²) < 4.78 is 215. The maximum atomic E-state index is 12.8. The average Bonchev–Trinajstić information content (AvgIpc) is 0.823. The van der Waals surface area contributed by atoms with Gasteiger partial charge in [0.05, 0.1) is 77.3 Å². The number of hydrogen-bond donors (Lipinski definition) is 8. The smallest absolute Gasteiger partial charge is 0.416 e. The second kappa shape index (κ2) is 40.5. The molecule has 0 aliphatic rings. The lowest BCUT2D eigenvalue weighted by Gasteiger charge is -2.14. The van der Waals surface area contributed by atoms with Crippen LogP contribution in [0.5, 0.6) is 29.3 Å². The third-order valence-electron chi connectivity index (χ3n) is 10.6. The maximum Gasteiger partial charge on any atom is 0.416 e. The number of esters is 2. The number of carboxylic acid groups (broad SMARTS) is 2. The first kappa shape index (κ1) is 89.0. The molecule has 0 saturated heterocycles. The number of aryl methyl sites for hydroxylation is 2. The van der Waals surface area contributed by atoms with Crippen LogP contribution in [-0.4, -0.2) is 169 Å². The van der Waals surface area contributed by atoms with Crippen LogP contribution in [0.2, 0.25) is 5.02 Å². The van der Waals surface area contributed by atoms with E-state index in [-0.39, 0.29) is 46.5 Å². The Kier molecular flexibility index (Phi) is 35.0. The molecule has 0 fully saturated rings. The number of nitrogens with zero attached hydrogens (tertiary/aromatic N) is 6. The predicted octanol–water partition coefficient (Wildman–Crippen LogP) is 7.91. The van der Waals surface area contributed by atoms with Crippen molar-refractivity contribution < 1.29 is 147 Å². The van der Waals surface area contributed by atoms with Crippen LogP contribution in [0, 0.1) is 17.0 Å². The van der Waals surface area contributed by atoms with Crippen LogP contribution in [-0.2, 0) is 67.2 Å². The molecule has 2 atom stereocenters. The van der Waals surface area contributed by atoms with E-state index in [2.05, 4.69) is 58.5 Å². The van der Waals surface area contributed by atoms with Crippen molar-refractivity contribution in [1.82, 2.24) is 39.7 Å². The molecule has 4 amide bonds. The van der Waals surface area contributed by atoms with Crippen molar-refractivity contribution in [2.24, 2.45) is 0 Å². The number of anilines is 2. The highest BCUT2D eigenvalue weighted by atomic mass is 35.5. The molecule has 6 aromatic rings. The normalized spacial score (nSPS) is 12.0. The topological polar surface area (TPSA) is 495 Å². The number of carbonyl (C=O) groups is 6. The van der Waals surface area contributed by atoms with Crippen molar-refractivity contribution in [2.45, 2.75) is 75.1 Å². The molecule has 0 radical (unpaired) electrons. The molecule has 103 heavy (non-hydrogen) atoms. The van der Waals surface area contributed by atoms with Crippen LogP contribution in [0.1, 0.15) is 57.9 Å². The molecule has 34 nitrogen and oxygen atoms in total. The number of benzene rings is 4. The summed E-state index contributed by atoms with van der Waals surface area (Å²) in [4.78, 5) is 114. The van der Waals surface area contributed by atoms with E-state index >= 15 is 0 Å². The molecule has 2 heterocycles. The fourth-order valence-electron chi connectivity index (χ4n) is 6.73. The summed E-state index contributed by atoms with van der Waals surface area (Å²) in [5.74, 6) is -8.04. The molecule has 6 rings (SSSR count). The lowest BCUT2D eigenvalue weighted by atomic mass is 10.1. The van der Waals surface area contributed by atoms with Gasteiger partial charge in [-0.05, 0) is 86.1 Å². The summed E-state index contributed by atoms with van der Waals surface area (Å²) >= 11 is 5.83. The lowest BCUT2D eigenvalue weighted by Crippen LogP contribution is -2.35. The highest BCUT2D eigenvalue weighted by Gasteiger charge is 2.33. The van der Waals surface area contributed by atoms with Crippen molar-refractivity contribution >= 4 is 104 Å². The molecule has 8 N–H and O–H groups in total. The van der Waals surface area contributed by atoms with Gasteiger partial charge in [-0.2, -0.15) is 68.8 Å². The Morgan fingerprint density at radius 3 is 1.75 bits per heavy atom. The minimum Gasteiger partial charge on any atom is -0.778 e. The molecule has 49 heteroatoms. The number of alkyl halides is 10. The molecule has 2 aromatic heterocycles. The number of urea groups is 2. The number of amides is 4. The van der Waals surface area contributed by atoms with E-state index < -0.39 is 176 Å². The van der Waals surface area contributed by atoms with Crippen molar-refractivity contribution in [2.75, 3.05) is 55.9 Å². The summed E-state index contributed by atoms with van der Waals surface area (Å²) in [6, 6.07) is 12.4. The van der Waals surface area contributed by atoms with Gasteiger partial charge in [0.1, 0.15) is 35.4 Å². The molecule has 0 spiro atoms. The van der Waals surface area contributed by atoms with Gasteiger partial charge < -0.3 is 53.0 Å². The van der Waals surface area contributed by atoms with Crippen molar-refractivity contribution in [3.8, 4) is 29.3 Å². The van der Waals surface area contributed by atoms with Gasteiger partial charge >= 0.3 is 67.5 Å². The number of nitrogens with one attached hydrogen (secondary N) is 5. The standard InChI is InChI=1S/C19H15ClF3NO7.C15H16F3N5O4S.C14H10F4N4O7S.C3H8NO5P.C3H9S/c1-3-29-17(25)10(2)30-18(26)13-9-12(5-6-15(13)24(27)28)31-16-7-4-11(8-14(16)20)19(21,22)23;1-9-19-12(22-14(20-9)27-2)21-13(24)23-28(25,26)11-6-4-3-5-10(11)7-8-15(16,17)18;15-11(16)28-8-5-9(29-12(17)18)20-13(19-8)21-14(25)22-30(26,27)7-4-2-1-3-6(7)10(23)24;5-3(6)1-4-2-10(7,8)9;1-4(2)3/h4-10H,3H2,1-2H3;3-6H,7-8H2,1-2H3,(H2,19,20,21,22,23,24);1-5,11-12H,(H,23,24)(H2,19,20,21,22,25);4H,1-2H2,(H,5,6)(H2,7,8,9);1-3H3/q;;;;+1/p-1. The van der Waals surface area contributed by atoms with E-state index in [1.165, 1.54) is 56.0 Å². The zero-order valence-electron chi connectivity index (χ0n) is 53.4. The predicted molar refractivity (Wildman–Crippen MR) is 336 cm³/mol. The van der Waals surface area contributed by atoms with Gasteiger partial charge in [0, 0.05) is 18.6 Å². The van der Waals surface area contributed by atoms with Crippen LogP contribution >= 0.6 is 19.2 Å². The number of nitro groups is 1. The highest BCUT2D eigenvalue weighted by Crippen LogP contribution is 2.38. The zero-order chi connectivity index (χ0) is 78.5. The Bertz CT molecular complexity index is 4200. The summed E-state index contributed by atoms with van der Waals surface area (Å²) in [5, 5.41) is 33.7. The number of carboxylic acids is 2. The van der Waals surface area contributed by atoms with Crippen molar-refractivity contribution in [3.63, 3.8) is 0 Å². The largest absolute Gasteiger partial charge is 0.778 e. The Labute approximate surface area is 582 Å². The van der Waals surface area contributed by atoms with Gasteiger partial charge in [-0.15, -0.1) is 0 Å².